The molecule has 0 aromatic carbocycles. The number of halogens is 1. The van der Waals surface area contributed by atoms with Crippen molar-refractivity contribution in [2.24, 2.45) is 16.8 Å². The van der Waals surface area contributed by atoms with Crippen LogP contribution in [0.5, 0.6) is 0 Å². The number of nitrogens with one attached hydrogen (secondary N) is 2. The van der Waals surface area contributed by atoms with Crippen LogP contribution in [-0.4, -0.2) is 44.5 Å². The van der Waals surface area contributed by atoms with Crippen molar-refractivity contribution in [1.82, 2.24) is 10.6 Å². The molecule has 0 radical (unpaired) electrons. The van der Waals surface area contributed by atoms with Crippen LogP contribution in [0.2, 0.25) is 0 Å². The van der Waals surface area contributed by atoms with E-state index >= 15 is 0 Å². The molecule has 0 spiro atoms. The van der Waals surface area contributed by atoms with Crippen molar-refractivity contribution in [2.45, 2.75) is 70.4 Å². The topological polar surface area (TPSA) is 70.6 Å². The standard InChI is InChI=1S/C17H31N3O2S.HI/c1-2-13-3-5-15(6-4-13)19-17(20-16-7-8-16)18-11-14-9-10-23(21,22)12-14;/h13-16H,2-12H2,1H3,(H2,18,19,20);1H. The highest BCUT2D eigenvalue weighted by Crippen LogP contribution is 2.27. The fraction of sp³-hybridized carbons (Fsp3) is 0.941. The maximum Gasteiger partial charge on any atom is 0.191 e. The van der Waals surface area contributed by atoms with Crippen LogP contribution >= 0.6 is 24.0 Å². The van der Waals surface area contributed by atoms with Crippen LogP contribution in [0, 0.1) is 11.8 Å². The molecule has 24 heavy (non-hydrogen) atoms. The third-order valence-electron chi connectivity index (χ3n) is 5.52. The van der Waals surface area contributed by atoms with Gasteiger partial charge in [0.15, 0.2) is 15.8 Å². The molecule has 3 aliphatic rings. The van der Waals surface area contributed by atoms with Gasteiger partial charge in [0, 0.05) is 18.6 Å². The van der Waals surface area contributed by atoms with Gasteiger partial charge in [0.2, 0.25) is 0 Å². The summed E-state index contributed by atoms with van der Waals surface area (Å²) in [6.07, 6.45) is 9.58. The zero-order valence-corrected chi connectivity index (χ0v) is 17.8. The highest BCUT2D eigenvalue weighted by atomic mass is 127. The largest absolute Gasteiger partial charge is 0.354 e. The number of nitrogens with zero attached hydrogens (tertiary/aromatic N) is 1. The summed E-state index contributed by atoms with van der Waals surface area (Å²) in [5, 5.41) is 7.10. The smallest absolute Gasteiger partial charge is 0.191 e. The number of sulfone groups is 1. The molecule has 140 valence electrons. The molecule has 2 aliphatic carbocycles. The first-order valence-corrected chi connectivity index (χ1v) is 11.1. The molecule has 7 heteroatoms. The number of aliphatic imine (C=N–C) groups is 1. The van der Waals surface area contributed by atoms with E-state index in [1.54, 1.807) is 0 Å². The second-order valence-corrected chi connectivity index (χ2v) is 9.88. The Hall–Kier alpha value is -0.0500. The van der Waals surface area contributed by atoms with Crippen LogP contribution in [0.15, 0.2) is 4.99 Å². The monoisotopic (exact) mass is 469 g/mol. The van der Waals surface area contributed by atoms with Crippen molar-refractivity contribution >= 4 is 39.8 Å². The predicted molar refractivity (Wildman–Crippen MR) is 110 cm³/mol. The van der Waals surface area contributed by atoms with Crippen LogP contribution in [0.25, 0.3) is 0 Å². The summed E-state index contributed by atoms with van der Waals surface area (Å²) < 4.78 is 23.1. The van der Waals surface area contributed by atoms with Gasteiger partial charge < -0.3 is 10.6 Å². The maximum atomic E-state index is 11.6. The van der Waals surface area contributed by atoms with Gasteiger partial charge in [-0.1, -0.05) is 13.3 Å². The van der Waals surface area contributed by atoms with E-state index in [0.29, 0.717) is 30.1 Å². The molecule has 2 saturated carbocycles. The molecule has 1 aliphatic heterocycles. The van der Waals surface area contributed by atoms with Crippen LogP contribution in [0.1, 0.15) is 58.3 Å². The minimum absolute atomic E-state index is 0. The van der Waals surface area contributed by atoms with E-state index in [2.05, 4.69) is 17.6 Å². The van der Waals surface area contributed by atoms with Gasteiger partial charge in [-0.3, -0.25) is 4.99 Å². The first-order valence-electron chi connectivity index (χ1n) is 9.32. The minimum Gasteiger partial charge on any atom is -0.354 e. The van der Waals surface area contributed by atoms with Crippen molar-refractivity contribution < 1.29 is 8.42 Å². The second kappa shape index (κ2) is 9.05. The lowest BCUT2D eigenvalue weighted by molar-refractivity contribution is 0.304. The first kappa shape index (κ1) is 20.3. The summed E-state index contributed by atoms with van der Waals surface area (Å²) in [4.78, 5) is 4.71. The zero-order chi connectivity index (χ0) is 16.3. The normalized spacial score (nSPS) is 32.9. The molecule has 1 saturated heterocycles. The Morgan fingerprint density at radius 3 is 2.00 bits per heavy atom. The molecule has 1 atom stereocenters. The predicted octanol–water partition coefficient (Wildman–Crippen LogP) is 2.71. The molecule has 3 rings (SSSR count). The lowest BCUT2D eigenvalue weighted by Gasteiger charge is -2.29. The van der Waals surface area contributed by atoms with Gasteiger partial charge in [-0.2, -0.15) is 0 Å². The van der Waals surface area contributed by atoms with Crippen LogP contribution < -0.4 is 10.6 Å². The molecular formula is C17H32IN3O2S. The van der Waals surface area contributed by atoms with Crippen LogP contribution in [-0.2, 0) is 9.84 Å². The Morgan fingerprint density at radius 2 is 1.54 bits per heavy atom. The maximum absolute atomic E-state index is 11.6. The van der Waals surface area contributed by atoms with Gasteiger partial charge in [-0.25, -0.2) is 8.42 Å². The van der Waals surface area contributed by atoms with Crippen molar-refractivity contribution in [1.29, 1.82) is 0 Å². The average Bonchev–Trinajstić information content (AvgIpc) is 3.27. The van der Waals surface area contributed by atoms with Crippen molar-refractivity contribution in [3.05, 3.63) is 0 Å². The highest BCUT2D eigenvalue weighted by molar-refractivity contribution is 14.0. The van der Waals surface area contributed by atoms with Gasteiger partial charge in [0.05, 0.1) is 11.5 Å². The quantitative estimate of drug-likeness (QED) is 0.369. The van der Waals surface area contributed by atoms with E-state index in [0.717, 1.165) is 18.3 Å². The highest BCUT2D eigenvalue weighted by Gasteiger charge is 2.29. The van der Waals surface area contributed by atoms with Crippen LogP contribution in [0.4, 0.5) is 0 Å². The Bertz CT molecular complexity index is 526. The number of rotatable bonds is 5. The van der Waals surface area contributed by atoms with E-state index in [1.165, 1.54) is 44.9 Å². The number of guanidine groups is 1. The lowest BCUT2D eigenvalue weighted by atomic mass is 9.84. The number of hydrogen-bond acceptors (Lipinski definition) is 3. The Kier molecular flexibility index (Phi) is 7.64. The third kappa shape index (κ3) is 6.35. The fourth-order valence-electron chi connectivity index (χ4n) is 3.70. The summed E-state index contributed by atoms with van der Waals surface area (Å²) in [5.41, 5.74) is 0. The zero-order valence-electron chi connectivity index (χ0n) is 14.7. The molecule has 1 heterocycles. The van der Waals surface area contributed by atoms with E-state index < -0.39 is 9.84 Å². The lowest BCUT2D eigenvalue weighted by Crippen LogP contribution is -2.45. The summed E-state index contributed by atoms with van der Waals surface area (Å²) in [7, 11) is -2.80. The van der Waals surface area contributed by atoms with Crippen molar-refractivity contribution in [3.63, 3.8) is 0 Å². The van der Waals surface area contributed by atoms with E-state index in [4.69, 9.17) is 4.99 Å². The number of hydrogen-bond donors (Lipinski definition) is 2. The molecule has 0 amide bonds. The van der Waals surface area contributed by atoms with Gasteiger partial charge >= 0.3 is 0 Å². The fourth-order valence-corrected chi connectivity index (χ4v) is 5.55. The van der Waals surface area contributed by atoms with Crippen molar-refractivity contribution in [2.75, 3.05) is 18.1 Å². The molecule has 1 unspecified atom stereocenters. The summed E-state index contributed by atoms with van der Waals surface area (Å²) in [6.45, 7) is 2.92. The molecule has 0 bridgehead atoms. The van der Waals surface area contributed by atoms with Gasteiger partial charge in [-0.15, -0.1) is 24.0 Å². The van der Waals surface area contributed by atoms with Gasteiger partial charge in [0.25, 0.3) is 0 Å². The summed E-state index contributed by atoms with van der Waals surface area (Å²) in [6, 6.07) is 1.09. The van der Waals surface area contributed by atoms with Gasteiger partial charge in [-0.05, 0) is 56.8 Å². The van der Waals surface area contributed by atoms with Crippen molar-refractivity contribution in [3.8, 4) is 0 Å². The van der Waals surface area contributed by atoms with E-state index in [1.807, 2.05) is 0 Å². The Labute approximate surface area is 163 Å². The molecule has 0 aromatic rings. The summed E-state index contributed by atoms with van der Waals surface area (Å²) in [5.74, 6) is 2.67. The third-order valence-corrected chi connectivity index (χ3v) is 7.35. The first-order chi connectivity index (χ1) is 11.0. The van der Waals surface area contributed by atoms with E-state index in [-0.39, 0.29) is 29.9 Å². The molecule has 2 N–H and O–H groups in total. The van der Waals surface area contributed by atoms with Crippen LogP contribution in [0.3, 0.4) is 0 Å². The molecule has 5 nitrogen and oxygen atoms in total. The SMILES string of the molecule is CCC1CCC(NC(=NCC2CCS(=O)(=O)C2)NC2CC2)CC1.I. The molecule has 0 aromatic heterocycles. The minimum atomic E-state index is -2.80. The Balaban J connectivity index is 0.00000208. The Morgan fingerprint density at radius 1 is 0.958 bits per heavy atom. The second-order valence-electron chi connectivity index (χ2n) is 7.65. The average molecular weight is 469 g/mol. The summed E-state index contributed by atoms with van der Waals surface area (Å²) >= 11 is 0. The molecular weight excluding hydrogens is 437 g/mol. The molecule has 3 fully saturated rings. The van der Waals surface area contributed by atoms with E-state index in [9.17, 15) is 8.42 Å². The van der Waals surface area contributed by atoms with Gasteiger partial charge in [0.1, 0.15) is 0 Å².